The minimum atomic E-state index is -0.333. The largest absolute Gasteiger partial charge is 0.380 e. The Morgan fingerprint density at radius 1 is 1.36 bits per heavy atom. The van der Waals surface area contributed by atoms with Crippen LogP contribution in [0.3, 0.4) is 0 Å². The van der Waals surface area contributed by atoms with Crippen molar-refractivity contribution in [2.75, 3.05) is 18.6 Å². The zero-order chi connectivity index (χ0) is 19.7. The number of benzene rings is 1. The minimum absolute atomic E-state index is 0.179. The van der Waals surface area contributed by atoms with Gasteiger partial charge in [0.2, 0.25) is 0 Å². The monoisotopic (exact) mass is 416 g/mol. The Hall–Kier alpha value is -2.09. The maximum Gasteiger partial charge on any atom is 0.270 e. The SMILES string of the molecule is C=CCN(C(=O)c1sc2cccc(F)c2c1COC)c1nc2c(s1)CCCC2. The van der Waals surface area contributed by atoms with Gasteiger partial charge >= 0.3 is 0 Å². The second kappa shape index (κ2) is 8.11. The number of anilines is 1. The molecule has 4 rings (SSSR count). The highest BCUT2D eigenvalue weighted by Gasteiger charge is 2.28. The molecular weight excluding hydrogens is 395 g/mol. The van der Waals surface area contributed by atoms with Crippen LogP contribution in [0.5, 0.6) is 0 Å². The van der Waals surface area contributed by atoms with Crippen molar-refractivity contribution in [1.29, 1.82) is 0 Å². The smallest absolute Gasteiger partial charge is 0.270 e. The van der Waals surface area contributed by atoms with Gasteiger partial charge in [-0.2, -0.15) is 0 Å². The molecule has 146 valence electrons. The zero-order valence-corrected chi connectivity index (χ0v) is 17.3. The number of ether oxygens (including phenoxy) is 1. The molecule has 4 nitrogen and oxygen atoms in total. The molecule has 0 radical (unpaired) electrons. The average molecular weight is 417 g/mol. The van der Waals surface area contributed by atoms with E-state index < -0.39 is 0 Å². The number of thiophene rings is 1. The number of hydrogen-bond donors (Lipinski definition) is 0. The Bertz CT molecular complexity index is 1020. The van der Waals surface area contributed by atoms with Crippen molar-refractivity contribution in [2.24, 2.45) is 0 Å². The standard InChI is InChI=1S/C21H21FN2O2S2/c1-3-11-24(21-23-15-8-4-5-9-16(15)28-21)20(25)19-13(12-26-2)18-14(22)7-6-10-17(18)27-19/h3,6-7,10H,1,4-5,8-9,11-12H2,2H3. The molecule has 0 N–H and O–H groups in total. The molecule has 0 unspecified atom stereocenters. The van der Waals surface area contributed by atoms with Gasteiger partial charge in [-0.3, -0.25) is 9.69 Å². The number of amides is 1. The van der Waals surface area contributed by atoms with Crippen LogP contribution in [0.4, 0.5) is 9.52 Å². The minimum Gasteiger partial charge on any atom is -0.380 e. The fourth-order valence-corrected chi connectivity index (χ4v) is 5.90. The van der Waals surface area contributed by atoms with Gasteiger partial charge in [0, 0.05) is 34.2 Å². The molecule has 1 aliphatic carbocycles. The van der Waals surface area contributed by atoms with Crippen molar-refractivity contribution < 1.29 is 13.9 Å². The normalized spacial score (nSPS) is 13.5. The van der Waals surface area contributed by atoms with Gasteiger partial charge in [-0.15, -0.1) is 29.3 Å². The summed E-state index contributed by atoms with van der Waals surface area (Å²) in [6, 6.07) is 4.91. The van der Waals surface area contributed by atoms with Gasteiger partial charge in [0.15, 0.2) is 5.13 Å². The number of hydrogen-bond acceptors (Lipinski definition) is 5. The first-order valence-corrected chi connectivity index (χ1v) is 10.9. The molecule has 0 bridgehead atoms. The number of carbonyl (C=O) groups excluding carboxylic acids is 1. The van der Waals surface area contributed by atoms with Crippen LogP contribution in [0.1, 0.15) is 38.6 Å². The van der Waals surface area contributed by atoms with Crippen LogP contribution in [0.25, 0.3) is 10.1 Å². The van der Waals surface area contributed by atoms with Crippen molar-refractivity contribution in [3.63, 3.8) is 0 Å². The Morgan fingerprint density at radius 3 is 2.93 bits per heavy atom. The highest BCUT2D eigenvalue weighted by Crippen LogP contribution is 2.37. The summed E-state index contributed by atoms with van der Waals surface area (Å²) in [5, 5.41) is 1.16. The molecule has 28 heavy (non-hydrogen) atoms. The van der Waals surface area contributed by atoms with Crippen molar-refractivity contribution in [2.45, 2.75) is 32.3 Å². The summed E-state index contributed by atoms with van der Waals surface area (Å²) in [6.07, 6.45) is 5.98. The van der Waals surface area contributed by atoms with E-state index in [4.69, 9.17) is 9.72 Å². The number of aromatic nitrogens is 1. The van der Waals surface area contributed by atoms with Crippen LogP contribution in [0.15, 0.2) is 30.9 Å². The molecule has 0 atom stereocenters. The lowest BCUT2D eigenvalue weighted by atomic mass is 10.0. The van der Waals surface area contributed by atoms with E-state index in [1.165, 1.54) is 22.3 Å². The fraction of sp³-hybridized carbons (Fsp3) is 0.333. The number of rotatable bonds is 6. The van der Waals surface area contributed by atoms with Gasteiger partial charge in [-0.25, -0.2) is 9.37 Å². The fourth-order valence-electron chi connectivity index (χ4n) is 3.58. The van der Waals surface area contributed by atoms with E-state index >= 15 is 0 Å². The number of carbonyl (C=O) groups is 1. The lowest BCUT2D eigenvalue weighted by Crippen LogP contribution is -2.31. The molecular formula is C21H21FN2O2S2. The summed E-state index contributed by atoms with van der Waals surface area (Å²) in [4.78, 5) is 21.7. The number of aryl methyl sites for hydroxylation is 2. The number of fused-ring (bicyclic) bond motifs is 2. The zero-order valence-electron chi connectivity index (χ0n) is 15.7. The molecule has 0 aliphatic heterocycles. The van der Waals surface area contributed by atoms with Crippen molar-refractivity contribution in [1.82, 2.24) is 4.98 Å². The Kier molecular flexibility index (Phi) is 5.57. The summed E-state index contributed by atoms with van der Waals surface area (Å²) in [5.41, 5.74) is 1.70. The quantitative estimate of drug-likeness (QED) is 0.509. The molecule has 2 aromatic heterocycles. The van der Waals surface area contributed by atoms with Gasteiger partial charge in [0.05, 0.1) is 17.2 Å². The molecule has 7 heteroatoms. The van der Waals surface area contributed by atoms with Crippen molar-refractivity contribution in [3.05, 3.63) is 57.7 Å². The number of nitrogens with zero attached hydrogens (tertiary/aromatic N) is 2. The van der Waals surface area contributed by atoms with E-state index in [0.29, 0.717) is 27.5 Å². The molecule has 0 fully saturated rings. The molecule has 3 aromatic rings. The van der Waals surface area contributed by atoms with Gasteiger partial charge in [0.25, 0.3) is 5.91 Å². The second-order valence-corrected chi connectivity index (χ2v) is 8.85. The van der Waals surface area contributed by atoms with Crippen molar-refractivity contribution in [3.8, 4) is 0 Å². The lowest BCUT2D eigenvalue weighted by Gasteiger charge is -2.18. The summed E-state index contributed by atoms with van der Waals surface area (Å²) in [6.45, 7) is 4.34. The first kappa shape index (κ1) is 19.2. The number of methoxy groups -OCH3 is 1. The first-order valence-electron chi connectivity index (χ1n) is 9.24. The number of halogens is 1. The summed E-state index contributed by atoms with van der Waals surface area (Å²) >= 11 is 2.88. The first-order chi connectivity index (χ1) is 13.6. The van der Waals surface area contributed by atoms with E-state index in [-0.39, 0.29) is 18.3 Å². The van der Waals surface area contributed by atoms with Crippen LogP contribution < -0.4 is 4.90 Å². The molecule has 2 heterocycles. The van der Waals surface area contributed by atoms with Crippen LogP contribution in [0.2, 0.25) is 0 Å². The molecule has 0 saturated heterocycles. The van der Waals surface area contributed by atoms with Gasteiger partial charge < -0.3 is 4.74 Å². The second-order valence-electron chi connectivity index (χ2n) is 6.73. The van der Waals surface area contributed by atoms with Crippen LogP contribution in [-0.2, 0) is 24.2 Å². The van der Waals surface area contributed by atoms with Gasteiger partial charge in [0.1, 0.15) is 5.82 Å². The lowest BCUT2D eigenvalue weighted by molar-refractivity contribution is 0.0989. The van der Waals surface area contributed by atoms with E-state index in [0.717, 1.165) is 36.1 Å². The molecule has 0 saturated carbocycles. The molecule has 1 aromatic carbocycles. The molecule has 0 spiro atoms. The Labute approximate surface area is 171 Å². The maximum absolute atomic E-state index is 14.5. The number of thiazole rings is 1. The molecule has 1 aliphatic rings. The predicted octanol–water partition coefficient (Wildman–Crippen LogP) is 5.35. The van der Waals surface area contributed by atoms with E-state index in [9.17, 15) is 9.18 Å². The summed E-state index contributed by atoms with van der Waals surface area (Å²) in [7, 11) is 1.55. The highest BCUT2D eigenvalue weighted by molar-refractivity contribution is 7.21. The Balaban J connectivity index is 1.79. The van der Waals surface area contributed by atoms with E-state index in [1.807, 2.05) is 6.07 Å². The van der Waals surface area contributed by atoms with Crippen LogP contribution >= 0.6 is 22.7 Å². The van der Waals surface area contributed by atoms with E-state index in [1.54, 1.807) is 35.5 Å². The van der Waals surface area contributed by atoms with Crippen LogP contribution in [0, 0.1) is 5.82 Å². The summed E-state index contributed by atoms with van der Waals surface area (Å²) < 4.78 is 20.5. The summed E-state index contributed by atoms with van der Waals surface area (Å²) in [5.74, 6) is -0.515. The maximum atomic E-state index is 14.5. The van der Waals surface area contributed by atoms with Gasteiger partial charge in [-0.1, -0.05) is 12.1 Å². The van der Waals surface area contributed by atoms with E-state index in [2.05, 4.69) is 6.58 Å². The van der Waals surface area contributed by atoms with Gasteiger partial charge in [-0.05, 0) is 37.8 Å². The van der Waals surface area contributed by atoms with Crippen molar-refractivity contribution >= 4 is 43.8 Å². The topological polar surface area (TPSA) is 42.4 Å². The predicted molar refractivity (Wildman–Crippen MR) is 113 cm³/mol. The molecule has 1 amide bonds. The third-order valence-corrected chi connectivity index (χ3v) is 7.23. The Morgan fingerprint density at radius 2 is 2.18 bits per heavy atom. The van der Waals surface area contributed by atoms with Crippen LogP contribution in [-0.4, -0.2) is 24.5 Å². The third-order valence-electron chi connectivity index (χ3n) is 4.87. The highest BCUT2D eigenvalue weighted by atomic mass is 32.1. The average Bonchev–Trinajstić information content (AvgIpc) is 3.28. The third kappa shape index (κ3) is 3.38.